The fraction of sp³-hybridized carbons (Fsp3) is 0.600. The van der Waals surface area contributed by atoms with Crippen molar-refractivity contribution in [2.24, 2.45) is 11.7 Å². The predicted molar refractivity (Wildman–Crippen MR) is 81.9 cm³/mol. The quantitative estimate of drug-likeness (QED) is 0.916. The zero-order valence-electron chi connectivity index (χ0n) is 11.3. The molecule has 1 fully saturated rings. The molecule has 1 aromatic rings. The van der Waals surface area contributed by atoms with Gasteiger partial charge in [0.15, 0.2) is 0 Å². The molecule has 0 saturated heterocycles. The highest BCUT2D eigenvalue weighted by Gasteiger charge is 2.22. The molecule has 2 N–H and O–H groups in total. The van der Waals surface area contributed by atoms with E-state index < -0.39 is 0 Å². The molecule has 0 amide bonds. The first-order valence-electron chi connectivity index (χ1n) is 6.82. The third-order valence-corrected chi connectivity index (χ3v) is 4.58. The summed E-state index contributed by atoms with van der Waals surface area (Å²) in [6.45, 7) is 2.96. The van der Waals surface area contributed by atoms with Crippen LogP contribution in [0.25, 0.3) is 0 Å². The van der Waals surface area contributed by atoms with E-state index in [1.165, 1.54) is 36.9 Å². The Kier molecular flexibility index (Phi) is 4.68. The molecule has 0 spiro atoms. The van der Waals surface area contributed by atoms with Gasteiger partial charge in [-0.05, 0) is 55.4 Å². The molecule has 3 heteroatoms. The summed E-state index contributed by atoms with van der Waals surface area (Å²) >= 11 is 3.57. The van der Waals surface area contributed by atoms with Crippen LogP contribution in [0.1, 0.15) is 38.2 Å². The van der Waals surface area contributed by atoms with Gasteiger partial charge < -0.3 is 10.6 Å². The number of rotatable bonds is 3. The molecule has 0 radical (unpaired) electrons. The first-order chi connectivity index (χ1) is 8.60. The number of hydrogen-bond acceptors (Lipinski definition) is 2. The van der Waals surface area contributed by atoms with Gasteiger partial charge >= 0.3 is 0 Å². The Morgan fingerprint density at radius 3 is 2.50 bits per heavy atom. The van der Waals surface area contributed by atoms with Crippen LogP contribution < -0.4 is 10.6 Å². The molecule has 18 heavy (non-hydrogen) atoms. The fourth-order valence-corrected chi connectivity index (χ4v) is 3.32. The minimum absolute atomic E-state index is 0.599. The first-order valence-corrected chi connectivity index (χ1v) is 7.62. The molecule has 0 unspecified atom stereocenters. The van der Waals surface area contributed by atoms with Crippen molar-refractivity contribution in [2.45, 2.75) is 45.2 Å². The molecule has 2 nitrogen and oxygen atoms in total. The topological polar surface area (TPSA) is 29.3 Å². The second-order valence-corrected chi connectivity index (χ2v) is 6.46. The molecule has 0 atom stereocenters. The molecular weight excluding hydrogens is 288 g/mol. The van der Waals surface area contributed by atoms with E-state index in [0.29, 0.717) is 12.6 Å². The smallest absolute Gasteiger partial charge is 0.0380 e. The molecule has 1 aliphatic carbocycles. The maximum Gasteiger partial charge on any atom is 0.0380 e. The summed E-state index contributed by atoms with van der Waals surface area (Å²) < 4.78 is 1.12. The van der Waals surface area contributed by atoms with E-state index in [1.807, 2.05) is 0 Å². The molecule has 2 rings (SSSR count). The minimum Gasteiger partial charge on any atom is -0.372 e. The second kappa shape index (κ2) is 6.07. The number of hydrogen-bond donors (Lipinski definition) is 1. The van der Waals surface area contributed by atoms with Crippen LogP contribution in [0.15, 0.2) is 22.7 Å². The molecule has 0 heterocycles. The standard InChI is InChI=1S/C15H23BrN2/c1-11-3-5-14(6-4-11)18(2)15-8-12(10-17)7-13(16)9-15/h7-9,11,14H,3-6,10,17H2,1-2H3. The van der Waals surface area contributed by atoms with Crippen molar-refractivity contribution in [1.29, 1.82) is 0 Å². The van der Waals surface area contributed by atoms with Crippen LogP contribution in [0.2, 0.25) is 0 Å². The molecule has 1 saturated carbocycles. The van der Waals surface area contributed by atoms with E-state index in [1.54, 1.807) is 0 Å². The van der Waals surface area contributed by atoms with Crippen LogP contribution in [0.5, 0.6) is 0 Å². The Balaban J connectivity index is 2.12. The molecule has 0 bridgehead atoms. The van der Waals surface area contributed by atoms with Crippen LogP contribution in [0.4, 0.5) is 5.69 Å². The van der Waals surface area contributed by atoms with Crippen molar-refractivity contribution in [3.63, 3.8) is 0 Å². The zero-order chi connectivity index (χ0) is 13.1. The molecule has 1 aliphatic rings. The average molecular weight is 311 g/mol. The van der Waals surface area contributed by atoms with Crippen molar-refractivity contribution in [3.8, 4) is 0 Å². The highest BCUT2D eigenvalue weighted by Crippen LogP contribution is 2.31. The summed E-state index contributed by atoms with van der Waals surface area (Å²) in [5, 5.41) is 0. The van der Waals surface area contributed by atoms with Crippen molar-refractivity contribution in [1.82, 2.24) is 0 Å². The van der Waals surface area contributed by atoms with Gasteiger partial charge in [-0.1, -0.05) is 22.9 Å². The van der Waals surface area contributed by atoms with Crippen LogP contribution in [-0.4, -0.2) is 13.1 Å². The number of halogens is 1. The van der Waals surface area contributed by atoms with E-state index in [-0.39, 0.29) is 0 Å². The Labute approximate surface area is 119 Å². The fourth-order valence-electron chi connectivity index (χ4n) is 2.80. The summed E-state index contributed by atoms with van der Waals surface area (Å²) in [6.07, 6.45) is 5.32. The number of nitrogens with two attached hydrogens (primary N) is 1. The van der Waals surface area contributed by atoms with E-state index in [9.17, 15) is 0 Å². The monoisotopic (exact) mass is 310 g/mol. The Hall–Kier alpha value is -0.540. The zero-order valence-corrected chi connectivity index (χ0v) is 12.9. The van der Waals surface area contributed by atoms with Crippen molar-refractivity contribution >= 4 is 21.6 Å². The first kappa shape index (κ1) is 13.9. The third kappa shape index (κ3) is 3.27. The van der Waals surface area contributed by atoms with Crippen LogP contribution in [0.3, 0.4) is 0 Å². The van der Waals surface area contributed by atoms with Gasteiger partial charge in [0.05, 0.1) is 0 Å². The molecule has 100 valence electrons. The number of anilines is 1. The van der Waals surface area contributed by atoms with Crippen LogP contribution >= 0.6 is 15.9 Å². The lowest BCUT2D eigenvalue weighted by molar-refractivity contribution is 0.341. The van der Waals surface area contributed by atoms with Crippen LogP contribution in [0, 0.1) is 5.92 Å². The van der Waals surface area contributed by atoms with E-state index in [2.05, 4.69) is 53.0 Å². The van der Waals surface area contributed by atoms with Gasteiger partial charge in [-0.2, -0.15) is 0 Å². The summed E-state index contributed by atoms with van der Waals surface area (Å²) in [5.41, 5.74) is 8.22. The molecule has 0 aromatic heterocycles. The molecule has 0 aliphatic heterocycles. The lowest BCUT2D eigenvalue weighted by Gasteiger charge is -2.35. The maximum atomic E-state index is 5.75. The van der Waals surface area contributed by atoms with Crippen molar-refractivity contribution in [3.05, 3.63) is 28.2 Å². The summed E-state index contributed by atoms with van der Waals surface area (Å²) in [6, 6.07) is 7.18. The van der Waals surface area contributed by atoms with Gasteiger partial charge in [-0.25, -0.2) is 0 Å². The SMILES string of the molecule is CC1CCC(N(C)c2cc(Br)cc(CN)c2)CC1. The van der Waals surface area contributed by atoms with Gasteiger partial charge in [0.2, 0.25) is 0 Å². The third-order valence-electron chi connectivity index (χ3n) is 4.12. The van der Waals surface area contributed by atoms with E-state index >= 15 is 0 Å². The van der Waals surface area contributed by atoms with Gasteiger partial charge in [0.1, 0.15) is 0 Å². The highest BCUT2D eigenvalue weighted by atomic mass is 79.9. The Morgan fingerprint density at radius 2 is 1.89 bits per heavy atom. The van der Waals surface area contributed by atoms with Gasteiger partial charge in [-0.3, -0.25) is 0 Å². The summed E-state index contributed by atoms with van der Waals surface area (Å²) in [4.78, 5) is 2.43. The number of benzene rings is 1. The number of nitrogens with zero attached hydrogens (tertiary/aromatic N) is 1. The lowest BCUT2D eigenvalue weighted by atomic mass is 9.86. The normalized spacial score (nSPS) is 24.0. The van der Waals surface area contributed by atoms with E-state index in [4.69, 9.17) is 5.73 Å². The minimum atomic E-state index is 0.599. The van der Waals surface area contributed by atoms with Gasteiger partial charge in [-0.15, -0.1) is 0 Å². The summed E-state index contributed by atoms with van der Waals surface area (Å²) in [5.74, 6) is 0.900. The van der Waals surface area contributed by atoms with Gasteiger partial charge in [0, 0.05) is 29.8 Å². The largest absolute Gasteiger partial charge is 0.372 e. The van der Waals surface area contributed by atoms with Crippen molar-refractivity contribution in [2.75, 3.05) is 11.9 Å². The average Bonchev–Trinajstić information content (AvgIpc) is 2.38. The predicted octanol–water partition coefficient (Wildman–Crippen LogP) is 3.92. The lowest BCUT2D eigenvalue weighted by Crippen LogP contribution is -2.34. The van der Waals surface area contributed by atoms with Crippen molar-refractivity contribution < 1.29 is 0 Å². The van der Waals surface area contributed by atoms with Crippen LogP contribution in [-0.2, 0) is 6.54 Å². The van der Waals surface area contributed by atoms with E-state index in [0.717, 1.165) is 10.4 Å². The van der Waals surface area contributed by atoms with Gasteiger partial charge in [0.25, 0.3) is 0 Å². The molecular formula is C15H23BrN2. The Morgan fingerprint density at radius 1 is 1.22 bits per heavy atom. The molecule has 1 aromatic carbocycles. The highest BCUT2D eigenvalue weighted by molar-refractivity contribution is 9.10. The Bertz CT molecular complexity index is 397. The second-order valence-electron chi connectivity index (χ2n) is 5.55. The maximum absolute atomic E-state index is 5.75. The summed E-state index contributed by atoms with van der Waals surface area (Å²) in [7, 11) is 2.21.